The van der Waals surface area contributed by atoms with Crippen molar-refractivity contribution in [2.45, 2.75) is 6.42 Å². The molecule has 0 atom stereocenters. The van der Waals surface area contributed by atoms with Gasteiger partial charge in [0, 0.05) is 25.1 Å². The van der Waals surface area contributed by atoms with E-state index >= 15 is 0 Å². The minimum atomic E-state index is -3.40. The van der Waals surface area contributed by atoms with Crippen molar-refractivity contribution < 1.29 is 8.42 Å². The third-order valence-electron chi connectivity index (χ3n) is 2.06. The zero-order chi connectivity index (χ0) is 12.2. The molecule has 0 unspecified atom stereocenters. The van der Waals surface area contributed by atoms with Gasteiger partial charge in [-0.15, -0.1) is 0 Å². The van der Waals surface area contributed by atoms with Crippen LogP contribution in [0, 0.1) is 0 Å². The molecule has 1 rings (SSSR count). The molecule has 0 radical (unpaired) electrons. The van der Waals surface area contributed by atoms with Crippen molar-refractivity contribution in [1.82, 2.24) is 4.31 Å². The van der Waals surface area contributed by atoms with Gasteiger partial charge in [0.1, 0.15) is 0 Å². The first-order valence-electron chi connectivity index (χ1n) is 4.81. The van der Waals surface area contributed by atoms with Crippen molar-refractivity contribution in [2.24, 2.45) is 0 Å². The van der Waals surface area contributed by atoms with Crippen LogP contribution in [0.2, 0.25) is 0 Å². The first-order valence-corrected chi connectivity index (χ1v) is 7.37. The highest BCUT2D eigenvalue weighted by Crippen LogP contribution is 2.12. The average molecular weight is 307 g/mol. The van der Waals surface area contributed by atoms with Gasteiger partial charge in [0.15, 0.2) is 0 Å². The summed E-state index contributed by atoms with van der Waals surface area (Å²) in [6.45, 7) is 0. The number of halogens is 1. The second-order valence-electron chi connectivity index (χ2n) is 3.53. The first-order chi connectivity index (χ1) is 7.45. The Morgan fingerprint density at radius 1 is 1.25 bits per heavy atom. The molecular weight excluding hydrogens is 292 g/mol. The molecule has 1 N–H and O–H groups in total. The van der Waals surface area contributed by atoms with Gasteiger partial charge in [0.2, 0.25) is 0 Å². The molecule has 0 amide bonds. The fourth-order valence-corrected chi connectivity index (χ4v) is 2.16. The molecule has 1 aromatic rings. The Kier molecular flexibility index (Phi) is 4.76. The Hall–Kier alpha value is -0.590. The highest BCUT2D eigenvalue weighted by atomic mass is 79.9. The van der Waals surface area contributed by atoms with Gasteiger partial charge in [-0.2, -0.15) is 12.7 Å². The van der Waals surface area contributed by atoms with Crippen molar-refractivity contribution in [1.29, 1.82) is 0 Å². The number of alkyl halides is 1. The Balaban J connectivity index is 2.76. The molecule has 0 heterocycles. The molecule has 0 bridgehead atoms. The second-order valence-corrected chi connectivity index (χ2v) is 6.20. The van der Waals surface area contributed by atoms with Crippen molar-refractivity contribution in [3.05, 3.63) is 29.8 Å². The van der Waals surface area contributed by atoms with Crippen LogP contribution < -0.4 is 4.72 Å². The molecule has 0 saturated carbocycles. The molecule has 1 aromatic carbocycles. The van der Waals surface area contributed by atoms with Crippen molar-refractivity contribution in [2.75, 3.05) is 24.1 Å². The lowest BCUT2D eigenvalue weighted by molar-refractivity contribution is 0.527. The maximum Gasteiger partial charge on any atom is 0.301 e. The van der Waals surface area contributed by atoms with Crippen molar-refractivity contribution in [3.63, 3.8) is 0 Å². The Morgan fingerprint density at radius 2 is 1.81 bits per heavy atom. The zero-order valence-electron chi connectivity index (χ0n) is 9.27. The lowest BCUT2D eigenvalue weighted by Gasteiger charge is -2.13. The molecule has 0 aromatic heterocycles. The number of nitrogens with zero attached hydrogens (tertiary/aromatic N) is 1. The fourth-order valence-electron chi connectivity index (χ4n) is 1.09. The van der Waals surface area contributed by atoms with Crippen molar-refractivity contribution in [3.8, 4) is 0 Å². The zero-order valence-corrected chi connectivity index (χ0v) is 11.7. The molecule has 0 fully saturated rings. The summed E-state index contributed by atoms with van der Waals surface area (Å²) in [5, 5.41) is 0.899. The van der Waals surface area contributed by atoms with Crippen molar-refractivity contribution >= 4 is 31.8 Å². The summed E-state index contributed by atoms with van der Waals surface area (Å²) < 4.78 is 26.6. The molecule has 16 heavy (non-hydrogen) atoms. The van der Waals surface area contributed by atoms with E-state index in [0.29, 0.717) is 5.69 Å². The second kappa shape index (κ2) is 5.65. The van der Waals surface area contributed by atoms with Crippen LogP contribution >= 0.6 is 15.9 Å². The van der Waals surface area contributed by atoms with E-state index in [-0.39, 0.29) is 0 Å². The van der Waals surface area contributed by atoms with Crippen LogP contribution in [-0.4, -0.2) is 32.1 Å². The van der Waals surface area contributed by atoms with Gasteiger partial charge in [-0.1, -0.05) is 28.1 Å². The molecular formula is C10H15BrN2O2S. The number of benzene rings is 1. The monoisotopic (exact) mass is 306 g/mol. The van der Waals surface area contributed by atoms with Gasteiger partial charge in [-0.05, 0) is 24.1 Å². The smallest absolute Gasteiger partial charge is 0.271 e. The minimum absolute atomic E-state index is 0.576. The summed E-state index contributed by atoms with van der Waals surface area (Å²) in [5.41, 5.74) is 1.75. The van der Waals surface area contributed by atoms with Crippen LogP contribution in [0.15, 0.2) is 24.3 Å². The third kappa shape index (κ3) is 3.77. The molecule has 90 valence electrons. The van der Waals surface area contributed by atoms with Crippen LogP contribution in [-0.2, 0) is 16.6 Å². The van der Waals surface area contributed by atoms with Gasteiger partial charge in [-0.3, -0.25) is 4.72 Å². The first kappa shape index (κ1) is 13.5. The number of rotatable bonds is 5. The Bertz CT molecular complexity index is 429. The number of hydrogen-bond donors (Lipinski definition) is 1. The maximum atomic E-state index is 11.5. The van der Waals surface area contributed by atoms with E-state index < -0.39 is 10.2 Å². The third-order valence-corrected chi connectivity index (χ3v) is 3.92. The van der Waals surface area contributed by atoms with Gasteiger partial charge < -0.3 is 0 Å². The molecule has 0 aliphatic carbocycles. The van der Waals surface area contributed by atoms with E-state index in [0.717, 1.165) is 16.1 Å². The number of nitrogens with one attached hydrogen (secondary N) is 1. The summed E-state index contributed by atoms with van der Waals surface area (Å²) in [5.74, 6) is 0. The topological polar surface area (TPSA) is 49.4 Å². The summed E-state index contributed by atoms with van der Waals surface area (Å²) in [4.78, 5) is 0. The van der Waals surface area contributed by atoms with E-state index in [2.05, 4.69) is 20.7 Å². The summed E-state index contributed by atoms with van der Waals surface area (Å²) in [6.07, 6.45) is 0.931. The molecule has 6 heteroatoms. The lowest BCUT2D eigenvalue weighted by Crippen LogP contribution is -2.28. The average Bonchev–Trinajstić information content (AvgIpc) is 2.21. The quantitative estimate of drug-likeness (QED) is 0.844. The Labute approximate surface area is 105 Å². The van der Waals surface area contributed by atoms with Crippen LogP contribution in [0.4, 0.5) is 5.69 Å². The molecule has 0 spiro atoms. The number of hydrogen-bond acceptors (Lipinski definition) is 2. The van der Waals surface area contributed by atoms with E-state index in [1.54, 1.807) is 12.1 Å². The SMILES string of the molecule is CN(C)S(=O)(=O)Nc1ccc(CCBr)cc1. The van der Waals surface area contributed by atoms with Gasteiger partial charge >= 0.3 is 10.2 Å². The Morgan fingerprint density at radius 3 is 2.25 bits per heavy atom. The van der Waals surface area contributed by atoms with Crippen LogP contribution in [0.1, 0.15) is 5.56 Å². The lowest BCUT2D eigenvalue weighted by atomic mass is 10.2. The summed E-state index contributed by atoms with van der Waals surface area (Å²) in [7, 11) is -0.427. The van der Waals surface area contributed by atoms with E-state index in [4.69, 9.17) is 0 Å². The van der Waals surface area contributed by atoms with Crippen LogP contribution in [0.25, 0.3) is 0 Å². The van der Waals surface area contributed by atoms with E-state index in [1.807, 2.05) is 12.1 Å². The summed E-state index contributed by atoms with van der Waals surface area (Å²) >= 11 is 3.35. The minimum Gasteiger partial charge on any atom is -0.271 e. The fraction of sp³-hybridized carbons (Fsp3) is 0.400. The van der Waals surface area contributed by atoms with Crippen LogP contribution in [0.5, 0.6) is 0 Å². The van der Waals surface area contributed by atoms with Gasteiger partial charge in [-0.25, -0.2) is 0 Å². The van der Waals surface area contributed by atoms with Gasteiger partial charge in [0.25, 0.3) is 0 Å². The number of anilines is 1. The molecule has 4 nitrogen and oxygen atoms in total. The highest BCUT2D eigenvalue weighted by molar-refractivity contribution is 9.09. The predicted octanol–water partition coefficient (Wildman–Crippen LogP) is 1.84. The summed E-state index contributed by atoms with van der Waals surface area (Å²) in [6, 6.07) is 7.35. The number of aryl methyl sites for hydroxylation is 1. The normalized spacial score (nSPS) is 11.8. The molecule has 0 saturated heterocycles. The standard InChI is InChI=1S/C10H15BrN2O2S/c1-13(2)16(14,15)12-10-5-3-9(4-6-10)7-8-11/h3-6,12H,7-8H2,1-2H3. The highest BCUT2D eigenvalue weighted by Gasteiger charge is 2.12. The maximum absolute atomic E-state index is 11.5. The van der Waals surface area contributed by atoms with Crippen LogP contribution in [0.3, 0.4) is 0 Å². The predicted molar refractivity (Wildman–Crippen MR) is 70.2 cm³/mol. The van der Waals surface area contributed by atoms with E-state index in [1.165, 1.54) is 19.7 Å². The van der Waals surface area contributed by atoms with E-state index in [9.17, 15) is 8.42 Å². The van der Waals surface area contributed by atoms with Gasteiger partial charge in [0.05, 0.1) is 0 Å². The molecule has 0 aliphatic rings. The molecule has 0 aliphatic heterocycles. The largest absolute Gasteiger partial charge is 0.301 e.